The number of hydrogen-bond acceptors (Lipinski definition) is 6. The zero-order valence-corrected chi connectivity index (χ0v) is 18.7. The summed E-state index contributed by atoms with van der Waals surface area (Å²) in [6.07, 6.45) is 0. The number of rotatable bonds is 9. The number of nitrogens with zero attached hydrogens (tertiary/aromatic N) is 4. The standard InChI is InChI=1S/C18H26ClN7O3S/c1-12-4-6-13(7-5-12)25(30(28)29)9-11-26(2,3)10-8-22-18(27)14-16(20)24-17(21)15(19)23-14/h4-7H,8-11H2,1-3H3,(H5-,20,21,22,24,27,28,29)/p+1. The fourth-order valence-electron chi connectivity index (χ4n) is 2.65. The van der Waals surface area contributed by atoms with Gasteiger partial charge in [-0.1, -0.05) is 29.3 Å². The predicted octanol–water partition coefficient (Wildman–Crippen LogP) is 1.05. The molecule has 164 valence electrons. The average molecular weight is 457 g/mol. The van der Waals surface area contributed by atoms with Crippen LogP contribution in [-0.4, -0.2) is 69.4 Å². The topological polar surface area (TPSA) is 147 Å². The highest BCUT2D eigenvalue weighted by molar-refractivity contribution is 7.80. The van der Waals surface area contributed by atoms with Gasteiger partial charge in [-0.2, -0.15) is 0 Å². The smallest absolute Gasteiger partial charge is 0.273 e. The molecule has 0 fully saturated rings. The Hall–Kier alpha value is -2.47. The second-order valence-electron chi connectivity index (χ2n) is 7.44. The molecule has 1 unspecified atom stereocenters. The number of hydrogen-bond donors (Lipinski definition) is 4. The molecule has 0 saturated carbocycles. The first-order valence-electron chi connectivity index (χ1n) is 9.14. The van der Waals surface area contributed by atoms with E-state index in [0.29, 0.717) is 36.3 Å². The highest BCUT2D eigenvalue weighted by atomic mass is 35.5. The van der Waals surface area contributed by atoms with Crippen molar-refractivity contribution in [3.8, 4) is 0 Å². The number of nitrogens with two attached hydrogens (primary N) is 2. The van der Waals surface area contributed by atoms with E-state index < -0.39 is 17.2 Å². The normalized spacial score (nSPS) is 12.4. The first-order valence-corrected chi connectivity index (χ1v) is 10.6. The molecule has 0 bridgehead atoms. The van der Waals surface area contributed by atoms with Crippen LogP contribution in [-0.2, 0) is 11.3 Å². The molecular weight excluding hydrogens is 430 g/mol. The molecule has 1 amide bonds. The number of quaternary nitrogens is 1. The van der Waals surface area contributed by atoms with E-state index >= 15 is 0 Å². The Labute approximate surface area is 183 Å². The van der Waals surface area contributed by atoms with Crippen LogP contribution in [0.25, 0.3) is 0 Å². The second kappa shape index (κ2) is 10.0. The summed E-state index contributed by atoms with van der Waals surface area (Å²) in [4.78, 5) is 20.0. The molecule has 12 heteroatoms. The maximum Gasteiger partial charge on any atom is 0.273 e. The Morgan fingerprint density at radius 1 is 1.20 bits per heavy atom. The van der Waals surface area contributed by atoms with Crippen LogP contribution in [0.2, 0.25) is 5.15 Å². The summed E-state index contributed by atoms with van der Waals surface area (Å²) in [6, 6.07) is 7.41. The van der Waals surface area contributed by atoms with Gasteiger partial charge < -0.3 is 21.3 Å². The number of carbonyl (C=O) groups is 1. The Kier molecular flexibility index (Phi) is 7.96. The number of nitrogens with one attached hydrogen (secondary N) is 1. The molecular formula is C18H27ClN7O3S+. The Morgan fingerprint density at radius 2 is 1.83 bits per heavy atom. The van der Waals surface area contributed by atoms with Crippen molar-refractivity contribution in [2.45, 2.75) is 6.92 Å². The zero-order valence-electron chi connectivity index (χ0n) is 17.1. The summed E-state index contributed by atoms with van der Waals surface area (Å²) in [7, 11) is 3.93. The summed E-state index contributed by atoms with van der Waals surface area (Å²) >= 11 is 3.67. The molecule has 6 N–H and O–H groups in total. The van der Waals surface area contributed by atoms with Crippen LogP contribution in [0.3, 0.4) is 0 Å². The molecule has 0 aliphatic carbocycles. The van der Waals surface area contributed by atoms with Gasteiger partial charge in [-0.3, -0.25) is 13.7 Å². The van der Waals surface area contributed by atoms with E-state index in [1.807, 2.05) is 45.3 Å². The van der Waals surface area contributed by atoms with Gasteiger partial charge in [0.2, 0.25) is 0 Å². The molecule has 1 heterocycles. The lowest BCUT2D eigenvalue weighted by Gasteiger charge is -2.32. The predicted molar refractivity (Wildman–Crippen MR) is 119 cm³/mol. The molecule has 0 spiro atoms. The Balaban J connectivity index is 1.91. The SMILES string of the molecule is Cc1ccc(N(CC[N+](C)(C)CCNC(=O)c2nc(Cl)c(N)nc2N)S(=O)O)cc1. The number of carbonyl (C=O) groups excluding carboxylic acids is 1. The third kappa shape index (κ3) is 6.52. The van der Waals surface area contributed by atoms with Crippen LogP contribution in [0.4, 0.5) is 17.3 Å². The first kappa shape index (κ1) is 23.8. The van der Waals surface area contributed by atoms with Crippen molar-refractivity contribution in [3.63, 3.8) is 0 Å². The number of benzene rings is 1. The maximum atomic E-state index is 12.3. The van der Waals surface area contributed by atoms with Gasteiger partial charge in [0.15, 0.2) is 22.5 Å². The number of halogens is 1. The quantitative estimate of drug-likeness (QED) is 0.325. The van der Waals surface area contributed by atoms with E-state index in [0.717, 1.165) is 5.56 Å². The van der Waals surface area contributed by atoms with Gasteiger partial charge in [0, 0.05) is 0 Å². The van der Waals surface area contributed by atoms with E-state index in [-0.39, 0.29) is 22.5 Å². The second-order valence-corrected chi connectivity index (χ2v) is 8.70. The van der Waals surface area contributed by atoms with Crippen LogP contribution in [0.15, 0.2) is 24.3 Å². The van der Waals surface area contributed by atoms with Crippen LogP contribution in [0, 0.1) is 6.92 Å². The molecule has 0 aliphatic rings. The molecule has 1 aromatic carbocycles. The van der Waals surface area contributed by atoms with E-state index in [2.05, 4.69) is 15.3 Å². The number of anilines is 3. The Morgan fingerprint density at radius 3 is 2.43 bits per heavy atom. The van der Waals surface area contributed by atoms with Gasteiger partial charge in [0.05, 0.1) is 46.0 Å². The summed E-state index contributed by atoms with van der Waals surface area (Å²) in [5, 5.41) is 2.65. The van der Waals surface area contributed by atoms with Crippen molar-refractivity contribution in [3.05, 3.63) is 40.7 Å². The van der Waals surface area contributed by atoms with Crippen LogP contribution in [0.5, 0.6) is 0 Å². The van der Waals surface area contributed by atoms with Gasteiger partial charge in [0.25, 0.3) is 17.2 Å². The lowest BCUT2D eigenvalue weighted by atomic mass is 10.2. The van der Waals surface area contributed by atoms with Crippen LogP contribution in [0.1, 0.15) is 16.1 Å². The molecule has 1 atom stereocenters. The third-order valence-electron chi connectivity index (χ3n) is 4.54. The fourth-order valence-corrected chi connectivity index (χ4v) is 3.31. The minimum atomic E-state index is -2.14. The molecule has 0 aliphatic heterocycles. The van der Waals surface area contributed by atoms with E-state index in [1.54, 1.807) is 0 Å². The van der Waals surface area contributed by atoms with Crippen molar-refractivity contribution in [1.29, 1.82) is 0 Å². The molecule has 2 aromatic rings. The Bertz CT molecular complexity index is 925. The van der Waals surface area contributed by atoms with Crippen molar-refractivity contribution < 1.29 is 18.0 Å². The number of likely N-dealkylation sites (N-methyl/N-ethyl adjacent to an activating group) is 1. The van der Waals surface area contributed by atoms with Gasteiger partial charge in [-0.25, -0.2) is 14.2 Å². The number of aromatic nitrogens is 2. The molecule has 30 heavy (non-hydrogen) atoms. The summed E-state index contributed by atoms with van der Waals surface area (Å²) in [5.74, 6) is -0.634. The molecule has 0 radical (unpaired) electrons. The van der Waals surface area contributed by atoms with E-state index in [1.165, 1.54) is 4.31 Å². The van der Waals surface area contributed by atoms with Crippen molar-refractivity contribution in [1.82, 2.24) is 15.3 Å². The van der Waals surface area contributed by atoms with Crippen molar-refractivity contribution >= 4 is 46.1 Å². The lowest BCUT2D eigenvalue weighted by Crippen LogP contribution is -2.49. The molecule has 1 aromatic heterocycles. The van der Waals surface area contributed by atoms with Crippen LogP contribution < -0.4 is 21.1 Å². The highest BCUT2D eigenvalue weighted by Gasteiger charge is 2.21. The molecule has 0 saturated heterocycles. The van der Waals surface area contributed by atoms with E-state index in [9.17, 15) is 13.6 Å². The summed E-state index contributed by atoms with van der Waals surface area (Å²) in [6.45, 7) is 3.80. The fraction of sp³-hybridized carbons (Fsp3) is 0.389. The largest absolute Gasteiger partial charge is 0.382 e. The van der Waals surface area contributed by atoms with Gasteiger partial charge in [-0.15, -0.1) is 0 Å². The number of amides is 1. The van der Waals surface area contributed by atoms with E-state index in [4.69, 9.17) is 23.1 Å². The lowest BCUT2D eigenvalue weighted by molar-refractivity contribution is -0.887. The maximum absolute atomic E-state index is 12.3. The minimum Gasteiger partial charge on any atom is -0.382 e. The van der Waals surface area contributed by atoms with Crippen molar-refractivity contribution in [2.24, 2.45) is 0 Å². The molecule has 10 nitrogen and oxygen atoms in total. The van der Waals surface area contributed by atoms with Gasteiger partial charge in [-0.05, 0) is 19.1 Å². The monoisotopic (exact) mass is 456 g/mol. The molecule has 2 rings (SSSR count). The zero-order chi connectivity index (χ0) is 22.5. The number of aryl methyl sites for hydroxylation is 1. The van der Waals surface area contributed by atoms with Crippen molar-refractivity contribution in [2.75, 3.05) is 56.0 Å². The van der Waals surface area contributed by atoms with Gasteiger partial charge >= 0.3 is 0 Å². The first-order chi connectivity index (χ1) is 14.0. The van der Waals surface area contributed by atoms with Gasteiger partial charge in [0.1, 0.15) is 0 Å². The number of nitrogen functional groups attached to an aromatic ring is 2. The van der Waals surface area contributed by atoms with Crippen LogP contribution >= 0.6 is 11.6 Å². The third-order valence-corrected chi connectivity index (χ3v) is 5.59. The highest BCUT2D eigenvalue weighted by Crippen LogP contribution is 2.18. The minimum absolute atomic E-state index is 0.0390. The average Bonchev–Trinajstić information content (AvgIpc) is 2.65. The summed E-state index contributed by atoms with van der Waals surface area (Å²) < 4.78 is 23.4. The summed E-state index contributed by atoms with van der Waals surface area (Å²) in [5.41, 5.74) is 12.9.